The quantitative estimate of drug-likeness (QED) is 0.782. The molecule has 76 valence electrons. The van der Waals surface area contributed by atoms with Crippen LogP contribution >= 0.6 is 23.1 Å². The first-order valence-electron chi connectivity index (χ1n) is 4.46. The van der Waals surface area contributed by atoms with Crippen molar-refractivity contribution >= 4 is 34.3 Å². The number of carbonyl (C=O) groups excluding carboxylic acids is 1. The Kier molecular flexibility index (Phi) is 4.42. The second-order valence-electron chi connectivity index (χ2n) is 3.07. The summed E-state index contributed by atoms with van der Waals surface area (Å²) < 4.78 is 0. The van der Waals surface area contributed by atoms with Gasteiger partial charge in [-0.3, -0.25) is 4.79 Å². The van der Waals surface area contributed by atoms with Gasteiger partial charge < -0.3 is 0 Å². The fourth-order valence-corrected chi connectivity index (χ4v) is 2.50. The van der Waals surface area contributed by atoms with Crippen molar-refractivity contribution in [1.29, 1.82) is 0 Å². The summed E-state index contributed by atoms with van der Waals surface area (Å²) in [7, 11) is 0. The third-order valence-corrected chi connectivity index (χ3v) is 3.51. The van der Waals surface area contributed by atoms with Gasteiger partial charge in [0.1, 0.15) is 0 Å². The molecule has 0 saturated heterocycles. The molecule has 0 saturated carbocycles. The van der Waals surface area contributed by atoms with Crippen LogP contribution in [0.5, 0.6) is 0 Å². The van der Waals surface area contributed by atoms with E-state index in [1.807, 2.05) is 17.4 Å². The zero-order chi connectivity index (χ0) is 10.6. The van der Waals surface area contributed by atoms with Crippen LogP contribution < -0.4 is 0 Å². The molecular formula is C11H14OS2. The molecule has 0 amide bonds. The van der Waals surface area contributed by atoms with E-state index in [1.54, 1.807) is 6.92 Å². The molecule has 0 fully saturated rings. The van der Waals surface area contributed by atoms with Gasteiger partial charge in [-0.1, -0.05) is 23.9 Å². The van der Waals surface area contributed by atoms with Crippen molar-refractivity contribution in [2.24, 2.45) is 0 Å². The molecule has 1 aromatic rings. The normalized spacial score (nSPS) is 11.1. The van der Waals surface area contributed by atoms with Crippen LogP contribution in [0.4, 0.5) is 0 Å². The van der Waals surface area contributed by atoms with Gasteiger partial charge in [0.15, 0.2) is 5.12 Å². The minimum Gasteiger partial charge on any atom is -0.288 e. The second kappa shape index (κ2) is 5.37. The van der Waals surface area contributed by atoms with Gasteiger partial charge >= 0.3 is 0 Å². The van der Waals surface area contributed by atoms with Gasteiger partial charge in [0, 0.05) is 22.4 Å². The van der Waals surface area contributed by atoms with E-state index in [9.17, 15) is 4.79 Å². The summed E-state index contributed by atoms with van der Waals surface area (Å²) >= 11 is 3.15. The molecule has 1 heterocycles. The molecular weight excluding hydrogens is 212 g/mol. The number of hydrogen-bond donors (Lipinski definition) is 0. The van der Waals surface area contributed by atoms with Crippen LogP contribution in [0.1, 0.15) is 22.2 Å². The first kappa shape index (κ1) is 11.5. The Balaban J connectivity index is 2.51. The summed E-state index contributed by atoms with van der Waals surface area (Å²) in [5.74, 6) is 0.768. The zero-order valence-electron chi connectivity index (χ0n) is 8.66. The van der Waals surface area contributed by atoms with Crippen LogP contribution in [-0.4, -0.2) is 10.9 Å². The van der Waals surface area contributed by atoms with Crippen molar-refractivity contribution in [3.63, 3.8) is 0 Å². The van der Waals surface area contributed by atoms with E-state index < -0.39 is 0 Å². The van der Waals surface area contributed by atoms with E-state index in [4.69, 9.17) is 0 Å². The van der Waals surface area contributed by atoms with Gasteiger partial charge in [-0.15, -0.1) is 11.3 Å². The summed E-state index contributed by atoms with van der Waals surface area (Å²) in [6.07, 6.45) is 4.13. The smallest absolute Gasteiger partial charge is 0.186 e. The highest BCUT2D eigenvalue weighted by molar-refractivity contribution is 8.13. The van der Waals surface area contributed by atoms with Crippen molar-refractivity contribution in [3.05, 3.63) is 27.5 Å². The van der Waals surface area contributed by atoms with E-state index in [0.29, 0.717) is 0 Å². The van der Waals surface area contributed by atoms with Crippen LogP contribution in [-0.2, 0) is 4.79 Å². The van der Waals surface area contributed by atoms with E-state index in [2.05, 4.69) is 26.0 Å². The van der Waals surface area contributed by atoms with Crippen molar-refractivity contribution in [2.75, 3.05) is 5.75 Å². The summed E-state index contributed by atoms with van der Waals surface area (Å²) in [5.41, 5.74) is 1.27. The summed E-state index contributed by atoms with van der Waals surface area (Å²) in [5, 5.41) is 0.174. The molecule has 0 aromatic carbocycles. The Morgan fingerprint density at radius 1 is 1.57 bits per heavy atom. The summed E-state index contributed by atoms with van der Waals surface area (Å²) in [6, 6.07) is 2.18. The van der Waals surface area contributed by atoms with Crippen molar-refractivity contribution in [3.8, 4) is 0 Å². The number of hydrogen-bond acceptors (Lipinski definition) is 3. The number of carbonyl (C=O) groups is 1. The maximum Gasteiger partial charge on any atom is 0.186 e. The molecule has 1 aromatic heterocycles. The fraction of sp³-hybridized carbons (Fsp3) is 0.364. The van der Waals surface area contributed by atoms with Crippen molar-refractivity contribution in [2.45, 2.75) is 20.8 Å². The Morgan fingerprint density at radius 3 is 2.79 bits per heavy atom. The van der Waals surface area contributed by atoms with Crippen LogP contribution in [0.2, 0.25) is 0 Å². The van der Waals surface area contributed by atoms with E-state index in [-0.39, 0.29) is 5.12 Å². The maximum absolute atomic E-state index is 10.7. The molecule has 1 rings (SSSR count). The van der Waals surface area contributed by atoms with Gasteiger partial charge in [0.2, 0.25) is 0 Å². The molecule has 0 spiro atoms. The van der Waals surface area contributed by atoms with Crippen LogP contribution in [0, 0.1) is 13.8 Å². The van der Waals surface area contributed by atoms with Crippen LogP contribution in [0.15, 0.2) is 12.1 Å². The van der Waals surface area contributed by atoms with E-state index in [1.165, 1.54) is 27.1 Å². The molecule has 0 atom stereocenters. The van der Waals surface area contributed by atoms with Gasteiger partial charge in [0.05, 0.1) is 0 Å². The third kappa shape index (κ3) is 3.68. The zero-order valence-corrected chi connectivity index (χ0v) is 10.3. The average Bonchev–Trinajstić information content (AvgIpc) is 2.39. The Labute approximate surface area is 93.2 Å². The first-order chi connectivity index (χ1) is 6.59. The number of thioether (sulfide) groups is 1. The van der Waals surface area contributed by atoms with Gasteiger partial charge in [0.25, 0.3) is 0 Å². The Hall–Kier alpha value is -0.540. The lowest BCUT2D eigenvalue weighted by atomic mass is 10.2. The standard InChI is InChI=1S/C11H14OS2/c1-8-7-11(9(2)14-8)5-4-6-13-10(3)12/h4-5,7H,6H2,1-3H3. The van der Waals surface area contributed by atoms with Gasteiger partial charge in [-0.05, 0) is 25.5 Å². The van der Waals surface area contributed by atoms with Crippen molar-refractivity contribution < 1.29 is 4.79 Å². The van der Waals surface area contributed by atoms with E-state index in [0.717, 1.165) is 5.75 Å². The highest BCUT2D eigenvalue weighted by atomic mass is 32.2. The minimum atomic E-state index is 0.174. The molecule has 0 unspecified atom stereocenters. The van der Waals surface area contributed by atoms with Gasteiger partial charge in [-0.2, -0.15) is 0 Å². The topological polar surface area (TPSA) is 17.1 Å². The van der Waals surface area contributed by atoms with E-state index >= 15 is 0 Å². The monoisotopic (exact) mass is 226 g/mol. The lowest BCUT2D eigenvalue weighted by Gasteiger charge is -1.90. The predicted molar refractivity (Wildman–Crippen MR) is 66.0 cm³/mol. The third-order valence-electron chi connectivity index (χ3n) is 1.76. The highest BCUT2D eigenvalue weighted by Crippen LogP contribution is 2.21. The second-order valence-corrected chi connectivity index (χ2v) is 5.73. The van der Waals surface area contributed by atoms with Crippen molar-refractivity contribution in [1.82, 2.24) is 0 Å². The average molecular weight is 226 g/mol. The first-order valence-corrected chi connectivity index (χ1v) is 6.26. The summed E-state index contributed by atoms with van der Waals surface area (Å²) in [6.45, 7) is 5.83. The minimum absolute atomic E-state index is 0.174. The summed E-state index contributed by atoms with van der Waals surface area (Å²) in [4.78, 5) is 13.3. The molecule has 0 bridgehead atoms. The predicted octanol–water partition coefficient (Wildman–Crippen LogP) is 3.66. The number of thiophene rings is 1. The molecule has 0 N–H and O–H groups in total. The lowest BCUT2D eigenvalue weighted by molar-refractivity contribution is -0.109. The molecule has 3 heteroatoms. The highest BCUT2D eigenvalue weighted by Gasteiger charge is 1.98. The number of aryl methyl sites for hydroxylation is 2. The largest absolute Gasteiger partial charge is 0.288 e. The lowest BCUT2D eigenvalue weighted by Crippen LogP contribution is -1.81. The SMILES string of the molecule is CC(=O)SCC=Cc1cc(C)sc1C. The fourth-order valence-electron chi connectivity index (χ4n) is 1.16. The van der Waals surface area contributed by atoms with Crippen LogP contribution in [0.3, 0.4) is 0 Å². The molecule has 0 aliphatic carbocycles. The van der Waals surface area contributed by atoms with Gasteiger partial charge in [-0.25, -0.2) is 0 Å². The van der Waals surface area contributed by atoms with Crippen LogP contribution in [0.25, 0.3) is 6.08 Å². The Bertz CT molecular complexity index is 350. The maximum atomic E-state index is 10.7. The molecule has 0 aliphatic rings. The Morgan fingerprint density at radius 2 is 2.29 bits per heavy atom. The molecule has 0 radical (unpaired) electrons. The number of rotatable bonds is 3. The molecule has 14 heavy (non-hydrogen) atoms. The molecule has 0 aliphatic heterocycles. The molecule has 1 nitrogen and oxygen atoms in total.